The number of phenolic OH excluding ortho intramolecular Hbond substituents is 1. The summed E-state index contributed by atoms with van der Waals surface area (Å²) in [6.45, 7) is 9.92. The summed E-state index contributed by atoms with van der Waals surface area (Å²) in [6, 6.07) is -0.967. The number of amides is 17. The van der Waals surface area contributed by atoms with Crippen molar-refractivity contribution in [3.05, 3.63) is 132 Å². The van der Waals surface area contributed by atoms with Crippen LogP contribution in [-0.2, 0) is 107 Å². The quantitative estimate of drug-likeness (QED) is 0.0113. The molecule has 742 valence electrons. The van der Waals surface area contributed by atoms with E-state index in [0.717, 1.165) is 36.1 Å². The molecule has 3 fully saturated rings. The molecular formula is C92H127N23O20S2. The second kappa shape index (κ2) is 50.3. The zero-order valence-electron chi connectivity index (χ0n) is 77.9. The number of likely N-dealkylation sites (N-methyl/N-ethyl adjacent to an activating group) is 3. The zero-order chi connectivity index (χ0) is 100. The third kappa shape index (κ3) is 29.5. The number of nitrogens with one attached hydrogen (secondary N) is 15. The van der Waals surface area contributed by atoms with Gasteiger partial charge in [-0.15, -0.1) is 29.7 Å². The Morgan fingerprint density at radius 3 is 1.86 bits per heavy atom. The number of nitrogens with zero attached hydrogens (tertiary/aromatic N) is 5. The monoisotopic (exact) mass is 1940 g/mol. The lowest BCUT2D eigenvalue weighted by molar-refractivity contribution is -0.149. The van der Waals surface area contributed by atoms with Crippen molar-refractivity contribution in [1.82, 2.24) is 98.4 Å². The number of thioether (sulfide) groups is 1. The van der Waals surface area contributed by atoms with E-state index < -0.39 is 247 Å². The molecule has 1 spiro atoms. The summed E-state index contributed by atoms with van der Waals surface area (Å²) in [7, 11) is 3.89. The SMILES string of the molecule is C=C[C@H]1C[C@]12NC(=O)[C@H](CC(N)=O)NC(=O)[C@H](C)N(C)C(=O)[C@H](Cc1ccc(O)cc1)NC(=O)CSCC(C(=O)NCC(N)=O)NC(=O)[C@H](CCCNC(=N)N)NC(=O)[C@H](CCCC)N(C)C(=O)[C@H](CCCC)N(C)C(=O)[C@H](Cc1csc3ccccc13)NC(=O)[C@H](CO)NC(=O)[C@H](Cc1c[nH]c3ccccc13)NC(=O)[C@@H]1C[C@@H](O)CN1C(=O)[C@H](CC(C)C)NC(=O)[C@H](Cc1cnc[nH]1)NC2=O. The first-order valence-electron chi connectivity index (χ1n) is 45.5. The predicted octanol–water partition coefficient (Wildman–Crippen LogP) is -2.13. The first-order valence-corrected chi connectivity index (χ1v) is 47.6. The number of phenols is 1. The number of H-pyrrole nitrogens is 2. The largest absolute Gasteiger partial charge is 0.508 e. The molecule has 3 aromatic heterocycles. The molecule has 3 aromatic carbocycles. The third-order valence-corrected chi connectivity index (χ3v) is 26.5. The van der Waals surface area contributed by atoms with E-state index in [-0.39, 0.29) is 88.1 Å². The molecule has 17 amide bonds. The van der Waals surface area contributed by atoms with Gasteiger partial charge in [0.25, 0.3) is 0 Å². The Hall–Kier alpha value is -13.6. The number of para-hydroxylation sites is 1. The van der Waals surface area contributed by atoms with Gasteiger partial charge in [0.15, 0.2) is 5.96 Å². The number of rotatable bonds is 27. The molecule has 0 radical (unpaired) electrons. The lowest BCUT2D eigenvalue weighted by Crippen LogP contribution is -2.62. The zero-order valence-corrected chi connectivity index (χ0v) is 79.5. The van der Waals surface area contributed by atoms with Crippen LogP contribution < -0.4 is 81.0 Å². The van der Waals surface area contributed by atoms with Crippen LogP contribution in [0.2, 0.25) is 0 Å². The summed E-state index contributed by atoms with van der Waals surface area (Å²) < 4.78 is 0.808. The smallest absolute Gasteiger partial charge is 0.247 e. The van der Waals surface area contributed by atoms with Gasteiger partial charge in [0, 0.05) is 112 Å². The number of hydrogen-bond acceptors (Lipinski definition) is 24. The molecule has 24 N–H and O–H groups in total. The number of aromatic nitrogens is 3. The molecule has 9 rings (SSSR count). The van der Waals surface area contributed by atoms with Crippen LogP contribution in [0.15, 0.2) is 110 Å². The average molecular weight is 1940 g/mol. The van der Waals surface area contributed by atoms with Crippen molar-refractivity contribution in [1.29, 1.82) is 5.41 Å². The van der Waals surface area contributed by atoms with Gasteiger partial charge >= 0.3 is 0 Å². The number of aromatic hydroxyl groups is 1. The second-order valence-corrected chi connectivity index (χ2v) is 37.1. The van der Waals surface area contributed by atoms with Gasteiger partial charge in [0.05, 0.1) is 37.8 Å². The number of nitrogens with two attached hydrogens (primary N) is 3. The molecule has 45 heteroatoms. The summed E-state index contributed by atoms with van der Waals surface area (Å²) in [5.74, 6) is -19.4. The van der Waals surface area contributed by atoms with Gasteiger partial charge < -0.3 is 126 Å². The summed E-state index contributed by atoms with van der Waals surface area (Å²) in [5, 5.41) is 75.6. The van der Waals surface area contributed by atoms with Gasteiger partial charge in [-0.1, -0.05) is 108 Å². The number of carbonyl (C=O) groups is 17. The summed E-state index contributed by atoms with van der Waals surface area (Å²) >= 11 is 2.10. The fourth-order valence-corrected chi connectivity index (χ4v) is 18.4. The van der Waals surface area contributed by atoms with E-state index in [0.29, 0.717) is 58.7 Å². The predicted molar refractivity (Wildman–Crippen MR) is 508 cm³/mol. The standard InChI is InChI=1S/C92H127N23O20S2/c1-10-13-24-70-84(129)103-61(23-19-31-98-91(95)96)79(124)109-69(78(123)100-42-75(94)120)46-136-47-76(121)102-66(33-51-27-29-56(117)30-28-51)86(131)112(7)50(6)77(122)104-64(38-74(93)119)83(128)111-92(39-54(92)12-3)90(135)110-63(36-55-41-97-48-101-55)81(126)106-65(32-49(4)5)88(133)115-43-57(118)37-72(115)85(130)105-62(34-52-40-99-60-22-17-15-20-58(52)60)80(125)108-68(44-116)82(127)107-67(35-53-45-137-73-26-18-16-21-59(53)73)87(132)114(9)71(25-14-11-2)89(134)113(70)8/h12,15-18,20-22,26-30,40-41,45,48-50,54,57,61-72,99,116-118H,3,10-11,13-14,19,23-25,31-39,42-44,46-47H2,1-2,4-9H3,(H2,93,119)(H2,94,120)(H,97,101)(H,100,123)(H,102,121)(H,103,129)(H,104,122)(H,105,130)(H,106,126)(H,107,127)(H,108,125)(H,109,124)(H,110,135)(H,111,128)(H4,95,96,98)/t50-,54-,57+,61-,62-,63-,64-,65-,66-,67-,68-,69?,70-,71-,72-,92-/m0/s1. The van der Waals surface area contributed by atoms with Crippen LogP contribution in [0, 0.1) is 17.2 Å². The molecule has 16 atom stereocenters. The Kier molecular flexibility index (Phi) is 39.3. The van der Waals surface area contributed by atoms with Crippen molar-refractivity contribution in [2.45, 2.75) is 228 Å². The Bertz CT molecular complexity index is 5350. The number of hydrogen-bond donors (Lipinski definition) is 21. The topological polar surface area (TPSA) is 655 Å². The minimum Gasteiger partial charge on any atom is -0.508 e. The highest BCUT2D eigenvalue weighted by atomic mass is 32.2. The Morgan fingerprint density at radius 1 is 0.620 bits per heavy atom. The van der Waals surface area contributed by atoms with Crippen LogP contribution in [-0.4, -0.2) is 305 Å². The fourth-order valence-electron chi connectivity index (χ4n) is 16.5. The number of carbonyl (C=O) groups excluding carboxylic acids is 17. The number of aromatic amines is 2. The highest BCUT2D eigenvalue weighted by Crippen LogP contribution is 2.45. The number of primary amides is 2. The van der Waals surface area contributed by atoms with E-state index in [1.54, 1.807) is 55.8 Å². The van der Waals surface area contributed by atoms with Gasteiger partial charge in [-0.3, -0.25) is 86.9 Å². The number of imidazole rings is 1. The molecule has 43 nitrogen and oxygen atoms in total. The number of fused-ring (bicyclic) bond motifs is 3. The molecule has 3 aliphatic rings. The van der Waals surface area contributed by atoms with E-state index in [9.17, 15) is 53.7 Å². The number of aliphatic hydroxyl groups excluding tert-OH is 2. The van der Waals surface area contributed by atoms with Crippen LogP contribution in [0.5, 0.6) is 5.75 Å². The molecule has 0 bridgehead atoms. The second-order valence-electron chi connectivity index (χ2n) is 35.2. The summed E-state index contributed by atoms with van der Waals surface area (Å²) in [4.78, 5) is 265. The van der Waals surface area contributed by atoms with E-state index in [1.165, 1.54) is 82.3 Å². The van der Waals surface area contributed by atoms with Crippen molar-refractivity contribution in [2.75, 3.05) is 58.9 Å². The average Bonchev–Trinajstić information content (AvgIpc) is 1.58. The number of thiophene rings is 1. The number of benzene rings is 3. The lowest BCUT2D eigenvalue weighted by Gasteiger charge is -2.36. The van der Waals surface area contributed by atoms with Crippen LogP contribution in [0.4, 0.5) is 0 Å². The van der Waals surface area contributed by atoms with Gasteiger partial charge in [-0.2, -0.15) is 0 Å². The third-order valence-electron chi connectivity index (χ3n) is 24.4. The lowest BCUT2D eigenvalue weighted by atomic mass is 10.00. The molecule has 1 unspecified atom stereocenters. The van der Waals surface area contributed by atoms with Gasteiger partial charge in [0.1, 0.15) is 89.8 Å². The Morgan fingerprint density at radius 2 is 1.22 bits per heavy atom. The van der Waals surface area contributed by atoms with Crippen molar-refractivity contribution in [3.63, 3.8) is 0 Å². The van der Waals surface area contributed by atoms with E-state index in [2.05, 4.69) is 85.3 Å². The normalized spacial score (nSPS) is 25.5. The van der Waals surface area contributed by atoms with Crippen molar-refractivity contribution < 1.29 is 96.8 Å². The van der Waals surface area contributed by atoms with E-state index in [1.807, 2.05) is 32.0 Å². The van der Waals surface area contributed by atoms with Gasteiger partial charge in [0.2, 0.25) is 100 Å². The van der Waals surface area contributed by atoms with Crippen LogP contribution in [0.3, 0.4) is 0 Å². The Balaban J connectivity index is 1.11. The van der Waals surface area contributed by atoms with E-state index >= 15 is 43.2 Å². The number of unbranched alkanes of at least 4 members (excludes halogenated alkanes) is 2. The van der Waals surface area contributed by atoms with Crippen LogP contribution >= 0.6 is 23.1 Å². The number of aliphatic hydroxyl groups is 2. The highest BCUT2D eigenvalue weighted by molar-refractivity contribution is 8.00. The van der Waals surface area contributed by atoms with E-state index in [4.69, 9.17) is 22.6 Å². The maximum atomic E-state index is 15.8. The van der Waals surface area contributed by atoms with Crippen molar-refractivity contribution in [2.24, 2.45) is 29.0 Å². The fraction of sp³-hybridized carbons (Fsp3) is 0.511. The maximum absolute atomic E-state index is 15.8. The molecule has 6 aromatic rings. The molecule has 5 heterocycles. The van der Waals surface area contributed by atoms with Crippen molar-refractivity contribution in [3.8, 4) is 5.75 Å². The van der Waals surface area contributed by atoms with Gasteiger partial charge in [-0.25, -0.2) is 4.98 Å². The van der Waals surface area contributed by atoms with Crippen LogP contribution in [0.1, 0.15) is 134 Å². The Labute approximate surface area is 800 Å². The molecule has 137 heavy (non-hydrogen) atoms. The highest BCUT2D eigenvalue weighted by Gasteiger charge is 2.61. The van der Waals surface area contributed by atoms with Crippen LogP contribution in [0.25, 0.3) is 21.0 Å². The van der Waals surface area contributed by atoms with Crippen molar-refractivity contribution >= 4 is 150 Å². The summed E-state index contributed by atoms with van der Waals surface area (Å²) in [6.07, 6.45) is 2.90. The molecule has 2 aliphatic heterocycles. The summed E-state index contributed by atoms with van der Waals surface area (Å²) in [5.41, 5.74) is 17.2. The van der Waals surface area contributed by atoms with Gasteiger partial charge in [-0.05, 0) is 103 Å². The minimum atomic E-state index is -1.96. The molecule has 1 saturated carbocycles. The first-order chi connectivity index (χ1) is 65.2. The maximum Gasteiger partial charge on any atom is 0.247 e. The number of guanidine groups is 1. The molecular weight excluding hydrogens is 1810 g/mol. The molecule has 1 aliphatic carbocycles. The minimum absolute atomic E-state index is 0.00836. The first kappa shape index (κ1) is 107. The molecule has 2 saturated heterocycles.